The van der Waals surface area contributed by atoms with Crippen molar-refractivity contribution >= 4 is 29.1 Å². The summed E-state index contributed by atoms with van der Waals surface area (Å²) in [5, 5.41) is 3.59. The number of halogens is 1. The monoisotopic (exact) mass is 494 g/mol. The Morgan fingerprint density at radius 3 is 2.33 bits per heavy atom. The van der Waals surface area contributed by atoms with Gasteiger partial charge in [-0.2, -0.15) is 0 Å². The van der Waals surface area contributed by atoms with Gasteiger partial charge in [-0.25, -0.2) is 0 Å². The van der Waals surface area contributed by atoms with E-state index in [0.717, 1.165) is 23.1 Å². The number of rotatable bonds is 5. The second-order valence-corrected chi connectivity index (χ2v) is 9.66. The van der Waals surface area contributed by atoms with Crippen molar-refractivity contribution in [3.63, 3.8) is 0 Å². The number of nitrogens with zero attached hydrogens (tertiary/aromatic N) is 1. The van der Waals surface area contributed by atoms with Crippen LogP contribution < -0.4 is 5.32 Å². The van der Waals surface area contributed by atoms with E-state index in [1.165, 1.54) is 5.56 Å². The molecule has 2 amide bonds. The van der Waals surface area contributed by atoms with Crippen molar-refractivity contribution in [1.82, 2.24) is 4.90 Å². The van der Waals surface area contributed by atoms with Crippen LogP contribution >= 0.6 is 11.6 Å². The Kier molecular flexibility index (Phi) is 6.88. The Morgan fingerprint density at radius 2 is 1.56 bits per heavy atom. The summed E-state index contributed by atoms with van der Waals surface area (Å²) in [6.45, 7) is 2.39. The van der Waals surface area contributed by atoms with Gasteiger partial charge in [-0.05, 0) is 65.1 Å². The van der Waals surface area contributed by atoms with Crippen LogP contribution in [0.3, 0.4) is 0 Å². The molecule has 0 bridgehead atoms. The average molecular weight is 495 g/mol. The summed E-state index contributed by atoms with van der Waals surface area (Å²) < 4.78 is 0. The predicted octanol–water partition coefficient (Wildman–Crippen LogP) is 6.70. The highest BCUT2D eigenvalue weighted by atomic mass is 35.5. The van der Waals surface area contributed by atoms with E-state index < -0.39 is 6.04 Å². The zero-order chi connectivity index (χ0) is 25.1. The van der Waals surface area contributed by atoms with Crippen LogP contribution in [0.5, 0.6) is 0 Å². The lowest BCUT2D eigenvalue weighted by molar-refractivity contribution is -0.121. The van der Waals surface area contributed by atoms with Crippen molar-refractivity contribution < 1.29 is 9.59 Å². The molecule has 0 spiro atoms. The summed E-state index contributed by atoms with van der Waals surface area (Å²) >= 11 is 6.01. The standard InChI is InChI=1S/C31H27ClN2O2/c1-21-28-13-6-5-11-25(28)20-34(29(21)30(35)33-27-16-14-26(32)15-17-27)31(36)24-12-7-10-23(19-24)18-22-8-3-2-4-9-22/h2-17,19,21,29H,18,20H2,1H3,(H,33,35). The molecule has 0 radical (unpaired) electrons. The highest BCUT2D eigenvalue weighted by Gasteiger charge is 2.40. The topological polar surface area (TPSA) is 49.4 Å². The Balaban J connectivity index is 1.46. The summed E-state index contributed by atoms with van der Waals surface area (Å²) in [5.74, 6) is -0.533. The molecule has 1 heterocycles. The molecular weight excluding hydrogens is 468 g/mol. The molecule has 36 heavy (non-hydrogen) atoms. The van der Waals surface area contributed by atoms with E-state index in [1.54, 1.807) is 29.2 Å². The number of amides is 2. The summed E-state index contributed by atoms with van der Waals surface area (Å²) in [5.41, 5.74) is 5.62. The number of anilines is 1. The number of carbonyl (C=O) groups excluding carboxylic acids is 2. The van der Waals surface area contributed by atoms with Crippen molar-refractivity contribution in [3.05, 3.63) is 136 Å². The van der Waals surface area contributed by atoms with Gasteiger partial charge < -0.3 is 10.2 Å². The molecule has 1 N–H and O–H groups in total. The summed E-state index contributed by atoms with van der Waals surface area (Å²) in [7, 11) is 0. The number of benzene rings is 4. The van der Waals surface area contributed by atoms with Crippen LogP contribution in [0, 0.1) is 0 Å². The molecule has 4 aromatic rings. The van der Waals surface area contributed by atoms with Gasteiger partial charge in [0.05, 0.1) is 0 Å². The molecule has 4 nitrogen and oxygen atoms in total. The van der Waals surface area contributed by atoms with Crippen LogP contribution in [0.4, 0.5) is 5.69 Å². The molecule has 180 valence electrons. The maximum atomic E-state index is 13.9. The zero-order valence-corrected chi connectivity index (χ0v) is 20.8. The quantitative estimate of drug-likeness (QED) is 0.335. The van der Waals surface area contributed by atoms with Gasteiger partial charge in [-0.15, -0.1) is 0 Å². The van der Waals surface area contributed by atoms with Crippen LogP contribution in [0.2, 0.25) is 5.02 Å². The number of nitrogens with one attached hydrogen (secondary N) is 1. The molecule has 4 aromatic carbocycles. The highest BCUT2D eigenvalue weighted by molar-refractivity contribution is 6.30. The van der Waals surface area contributed by atoms with Gasteiger partial charge in [0.1, 0.15) is 6.04 Å². The fourth-order valence-corrected chi connectivity index (χ4v) is 5.10. The lowest BCUT2D eigenvalue weighted by Gasteiger charge is -2.40. The smallest absolute Gasteiger partial charge is 0.254 e. The minimum Gasteiger partial charge on any atom is -0.324 e. The van der Waals surface area contributed by atoms with Gasteiger partial charge in [-0.1, -0.05) is 85.3 Å². The Hall–Kier alpha value is -3.89. The molecule has 0 saturated carbocycles. The number of hydrogen-bond acceptors (Lipinski definition) is 2. The molecule has 5 heteroatoms. The Labute approximate surface area is 216 Å². The third kappa shape index (κ3) is 5.05. The van der Waals surface area contributed by atoms with Gasteiger partial charge in [-0.3, -0.25) is 9.59 Å². The maximum absolute atomic E-state index is 13.9. The number of hydrogen-bond donors (Lipinski definition) is 1. The van der Waals surface area contributed by atoms with E-state index in [9.17, 15) is 9.59 Å². The zero-order valence-electron chi connectivity index (χ0n) is 20.0. The molecule has 1 aliphatic heterocycles. The minimum absolute atomic E-state index is 0.150. The van der Waals surface area contributed by atoms with Crippen LogP contribution in [0.1, 0.15) is 45.5 Å². The molecule has 0 saturated heterocycles. The second kappa shape index (κ2) is 10.4. The minimum atomic E-state index is -0.652. The van der Waals surface area contributed by atoms with E-state index >= 15 is 0 Å². The number of carbonyl (C=O) groups is 2. The summed E-state index contributed by atoms with van der Waals surface area (Å²) in [6, 6.07) is 32.3. The van der Waals surface area contributed by atoms with E-state index in [1.807, 2.05) is 73.7 Å². The normalized spacial score (nSPS) is 16.8. The maximum Gasteiger partial charge on any atom is 0.254 e. The fraction of sp³-hybridized carbons (Fsp3) is 0.161. The third-order valence-electron chi connectivity index (χ3n) is 6.76. The Bertz CT molecular complexity index is 1390. The molecular formula is C31H27ClN2O2. The predicted molar refractivity (Wildman–Crippen MR) is 144 cm³/mol. The average Bonchev–Trinajstić information content (AvgIpc) is 2.90. The van der Waals surface area contributed by atoms with Crippen molar-refractivity contribution in [2.24, 2.45) is 0 Å². The van der Waals surface area contributed by atoms with Crippen molar-refractivity contribution in [2.45, 2.75) is 31.8 Å². The largest absolute Gasteiger partial charge is 0.324 e. The van der Waals surface area contributed by atoms with Gasteiger partial charge in [0.25, 0.3) is 5.91 Å². The van der Waals surface area contributed by atoms with Crippen LogP contribution in [0.25, 0.3) is 0 Å². The third-order valence-corrected chi connectivity index (χ3v) is 7.01. The van der Waals surface area contributed by atoms with Gasteiger partial charge >= 0.3 is 0 Å². The molecule has 0 aromatic heterocycles. The van der Waals surface area contributed by atoms with E-state index in [2.05, 4.69) is 17.4 Å². The highest BCUT2D eigenvalue weighted by Crippen LogP contribution is 2.35. The van der Waals surface area contributed by atoms with Crippen LogP contribution in [-0.2, 0) is 17.8 Å². The molecule has 1 aliphatic rings. The van der Waals surface area contributed by atoms with Crippen molar-refractivity contribution in [2.75, 3.05) is 5.32 Å². The van der Waals surface area contributed by atoms with E-state index in [4.69, 9.17) is 11.6 Å². The first-order chi connectivity index (χ1) is 17.5. The van der Waals surface area contributed by atoms with Gasteiger partial charge in [0, 0.05) is 28.7 Å². The van der Waals surface area contributed by atoms with Gasteiger partial charge in [0.15, 0.2) is 0 Å². The Morgan fingerprint density at radius 1 is 0.861 bits per heavy atom. The molecule has 2 atom stereocenters. The lowest BCUT2D eigenvalue weighted by atomic mass is 9.83. The fourth-order valence-electron chi connectivity index (χ4n) is 4.97. The molecule has 0 aliphatic carbocycles. The van der Waals surface area contributed by atoms with E-state index in [0.29, 0.717) is 22.8 Å². The van der Waals surface area contributed by atoms with Gasteiger partial charge in [0.2, 0.25) is 5.91 Å². The molecule has 0 fully saturated rings. The van der Waals surface area contributed by atoms with Crippen LogP contribution in [0.15, 0.2) is 103 Å². The van der Waals surface area contributed by atoms with Crippen molar-refractivity contribution in [3.8, 4) is 0 Å². The number of fused-ring (bicyclic) bond motifs is 1. The second-order valence-electron chi connectivity index (χ2n) is 9.22. The van der Waals surface area contributed by atoms with Crippen molar-refractivity contribution in [1.29, 1.82) is 0 Å². The summed E-state index contributed by atoms with van der Waals surface area (Å²) in [4.78, 5) is 29.2. The first-order valence-corrected chi connectivity index (χ1v) is 12.5. The van der Waals surface area contributed by atoms with E-state index in [-0.39, 0.29) is 17.7 Å². The first kappa shape index (κ1) is 23.8. The SMILES string of the molecule is CC1c2ccccc2CN(C(=O)c2cccc(Cc3ccccc3)c2)C1C(=O)Nc1ccc(Cl)cc1. The molecule has 2 unspecified atom stereocenters. The first-order valence-electron chi connectivity index (χ1n) is 12.1. The lowest BCUT2D eigenvalue weighted by Crippen LogP contribution is -2.52. The van der Waals surface area contributed by atoms with Crippen LogP contribution in [-0.4, -0.2) is 22.8 Å². The molecule has 5 rings (SSSR count). The summed E-state index contributed by atoms with van der Waals surface area (Å²) in [6.07, 6.45) is 0.738.